The van der Waals surface area contributed by atoms with Crippen LogP contribution in [0.5, 0.6) is 0 Å². The molecule has 1 aliphatic rings. The van der Waals surface area contributed by atoms with Crippen LogP contribution >= 0.6 is 11.3 Å². The predicted octanol–water partition coefficient (Wildman–Crippen LogP) is 1.98. The number of thiazole rings is 1. The average Bonchev–Trinajstić information content (AvgIpc) is 3.06. The molecular formula is C16H25N7S. The molecule has 0 aromatic carbocycles. The van der Waals surface area contributed by atoms with Crippen LogP contribution < -0.4 is 5.32 Å². The van der Waals surface area contributed by atoms with Gasteiger partial charge in [0.2, 0.25) is 0 Å². The van der Waals surface area contributed by atoms with Crippen LogP contribution in [0.2, 0.25) is 0 Å². The molecule has 0 saturated heterocycles. The summed E-state index contributed by atoms with van der Waals surface area (Å²) < 4.78 is 2.26. The fourth-order valence-electron chi connectivity index (χ4n) is 3.02. The number of aliphatic imine (C=N–C) groups is 1. The Bertz CT molecular complexity index is 703. The number of aryl methyl sites for hydroxylation is 2. The van der Waals surface area contributed by atoms with Gasteiger partial charge in [-0.1, -0.05) is 6.42 Å². The smallest absolute Gasteiger partial charge is 0.194 e. The third kappa shape index (κ3) is 3.92. The summed E-state index contributed by atoms with van der Waals surface area (Å²) in [7, 11) is 3.82. The molecule has 1 N–H and O–H groups in total. The lowest BCUT2D eigenvalue weighted by Crippen LogP contribution is -2.38. The first-order valence-corrected chi connectivity index (χ1v) is 9.29. The van der Waals surface area contributed by atoms with E-state index in [9.17, 15) is 0 Å². The highest BCUT2D eigenvalue weighted by Crippen LogP contribution is 2.14. The van der Waals surface area contributed by atoms with E-state index in [1.807, 2.05) is 14.0 Å². The largest absolute Gasteiger partial charge is 0.349 e. The molecule has 1 aliphatic heterocycles. The minimum Gasteiger partial charge on any atom is -0.349 e. The summed E-state index contributed by atoms with van der Waals surface area (Å²) in [6.45, 7) is 4.42. The van der Waals surface area contributed by atoms with Crippen molar-refractivity contribution in [3.63, 3.8) is 0 Å². The molecule has 0 atom stereocenters. The molecule has 0 unspecified atom stereocenters. The molecule has 3 heterocycles. The molecule has 7 nitrogen and oxygen atoms in total. The average molecular weight is 347 g/mol. The van der Waals surface area contributed by atoms with Crippen molar-refractivity contribution in [1.82, 2.24) is 30.0 Å². The second-order valence-electron chi connectivity index (χ2n) is 6.11. The molecular weight excluding hydrogens is 322 g/mol. The zero-order chi connectivity index (χ0) is 16.9. The molecule has 0 aliphatic carbocycles. The van der Waals surface area contributed by atoms with Crippen molar-refractivity contribution in [1.29, 1.82) is 0 Å². The van der Waals surface area contributed by atoms with Crippen LogP contribution in [-0.4, -0.2) is 44.7 Å². The summed E-state index contributed by atoms with van der Waals surface area (Å²) in [5.74, 6) is 2.95. The Morgan fingerprint density at radius 3 is 3.00 bits per heavy atom. The zero-order valence-electron chi connectivity index (χ0n) is 14.6. The first kappa shape index (κ1) is 16.9. The zero-order valence-corrected chi connectivity index (χ0v) is 15.4. The SMILES string of the molecule is CN=C(NCc1nnc2n1CCCCC2)N(C)Cc1csc(C)n1. The Hall–Kier alpha value is -1.96. The molecule has 8 heteroatoms. The van der Waals surface area contributed by atoms with Crippen molar-refractivity contribution in [3.8, 4) is 0 Å². The second-order valence-corrected chi connectivity index (χ2v) is 7.17. The van der Waals surface area contributed by atoms with Crippen LogP contribution in [0.25, 0.3) is 0 Å². The molecule has 0 radical (unpaired) electrons. The van der Waals surface area contributed by atoms with Crippen LogP contribution in [0.15, 0.2) is 10.4 Å². The maximum absolute atomic E-state index is 4.51. The summed E-state index contributed by atoms with van der Waals surface area (Å²) in [4.78, 5) is 11.0. The van der Waals surface area contributed by atoms with Crippen LogP contribution in [0.3, 0.4) is 0 Å². The Kier molecular flexibility index (Phi) is 5.44. The third-order valence-electron chi connectivity index (χ3n) is 4.23. The lowest BCUT2D eigenvalue weighted by molar-refractivity contribution is 0.467. The third-order valence-corrected chi connectivity index (χ3v) is 5.05. The molecule has 2 aromatic heterocycles. The van der Waals surface area contributed by atoms with Gasteiger partial charge in [-0.3, -0.25) is 4.99 Å². The van der Waals surface area contributed by atoms with E-state index in [0.717, 1.165) is 47.8 Å². The van der Waals surface area contributed by atoms with Gasteiger partial charge in [-0.05, 0) is 19.8 Å². The fourth-order valence-corrected chi connectivity index (χ4v) is 3.62. The van der Waals surface area contributed by atoms with E-state index >= 15 is 0 Å². The maximum atomic E-state index is 4.51. The Balaban J connectivity index is 1.61. The second kappa shape index (κ2) is 7.74. The molecule has 24 heavy (non-hydrogen) atoms. The summed E-state index contributed by atoms with van der Waals surface area (Å²) in [5.41, 5.74) is 1.07. The molecule has 2 aromatic rings. The van der Waals surface area contributed by atoms with Crippen LogP contribution in [0, 0.1) is 6.92 Å². The van der Waals surface area contributed by atoms with Crippen molar-refractivity contribution in [2.45, 2.75) is 52.2 Å². The molecule has 0 fully saturated rings. The maximum Gasteiger partial charge on any atom is 0.194 e. The van der Waals surface area contributed by atoms with Gasteiger partial charge in [0.25, 0.3) is 0 Å². The van der Waals surface area contributed by atoms with Crippen molar-refractivity contribution in [2.75, 3.05) is 14.1 Å². The van der Waals surface area contributed by atoms with E-state index < -0.39 is 0 Å². The minimum absolute atomic E-state index is 0.639. The van der Waals surface area contributed by atoms with Crippen LogP contribution in [0.1, 0.15) is 41.6 Å². The summed E-state index contributed by atoms with van der Waals surface area (Å²) in [5, 5.41) is 15.3. The lowest BCUT2D eigenvalue weighted by atomic mass is 10.2. The fraction of sp³-hybridized carbons (Fsp3) is 0.625. The lowest BCUT2D eigenvalue weighted by Gasteiger charge is -2.21. The first-order valence-electron chi connectivity index (χ1n) is 8.41. The van der Waals surface area contributed by atoms with Crippen molar-refractivity contribution >= 4 is 17.3 Å². The number of rotatable bonds is 4. The van der Waals surface area contributed by atoms with Crippen LogP contribution in [0.4, 0.5) is 0 Å². The highest BCUT2D eigenvalue weighted by molar-refractivity contribution is 7.09. The van der Waals surface area contributed by atoms with Crippen molar-refractivity contribution in [2.24, 2.45) is 4.99 Å². The molecule has 130 valence electrons. The van der Waals surface area contributed by atoms with Gasteiger partial charge in [0.1, 0.15) is 5.82 Å². The number of guanidine groups is 1. The molecule has 3 rings (SSSR count). The highest BCUT2D eigenvalue weighted by Gasteiger charge is 2.15. The first-order chi connectivity index (χ1) is 11.7. The Morgan fingerprint density at radius 1 is 1.38 bits per heavy atom. The molecule has 0 saturated carbocycles. The topological polar surface area (TPSA) is 71.2 Å². The molecule has 0 spiro atoms. The summed E-state index contributed by atoms with van der Waals surface area (Å²) >= 11 is 1.67. The minimum atomic E-state index is 0.639. The van der Waals surface area contributed by atoms with Gasteiger partial charge in [-0.2, -0.15) is 0 Å². The van der Waals surface area contributed by atoms with Gasteiger partial charge in [0, 0.05) is 32.4 Å². The normalized spacial score (nSPS) is 15.0. The van der Waals surface area contributed by atoms with Gasteiger partial charge < -0.3 is 14.8 Å². The van der Waals surface area contributed by atoms with E-state index in [-0.39, 0.29) is 0 Å². The van der Waals surface area contributed by atoms with Gasteiger partial charge in [0.05, 0.1) is 23.8 Å². The number of aromatic nitrogens is 4. The monoisotopic (exact) mass is 347 g/mol. The van der Waals surface area contributed by atoms with Crippen molar-refractivity contribution < 1.29 is 0 Å². The van der Waals surface area contributed by atoms with Gasteiger partial charge >= 0.3 is 0 Å². The Labute approximate surface area is 146 Å². The summed E-state index contributed by atoms with van der Waals surface area (Å²) in [6, 6.07) is 0. The van der Waals surface area contributed by atoms with E-state index in [4.69, 9.17) is 0 Å². The number of nitrogens with zero attached hydrogens (tertiary/aromatic N) is 6. The standard InChI is InChI=1S/C16H25N7S/c1-12-19-13(11-24-12)10-22(3)16(17-2)18-9-15-21-20-14-7-5-4-6-8-23(14)15/h11H,4-10H2,1-3H3,(H,17,18). The number of nitrogens with one attached hydrogen (secondary N) is 1. The van der Waals surface area contributed by atoms with Gasteiger partial charge in [0.15, 0.2) is 11.8 Å². The number of fused-ring (bicyclic) bond motifs is 1. The van der Waals surface area contributed by atoms with Crippen molar-refractivity contribution in [3.05, 3.63) is 27.7 Å². The highest BCUT2D eigenvalue weighted by atomic mass is 32.1. The quantitative estimate of drug-likeness (QED) is 0.676. The van der Waals surface area contributed by atoms with E-state index in [1.165, 1.54) is 19.3 Å². The van der Waals surface area contributed by atoms with Gasteiger partial charge in [-0.15, -0.1) is 21.5 Å². The Morgan fingerprint density at radius 2 is 2.25 bits per heavy atom. The predicted molar refractivity (Wildman–Crippen MR) is 96.1 cm³/mol. The van der Waals surface area contributed by atoms with E-state index in [0.29, 0.717) is 6.54 Å². The molecule has 0 amide bonds. The molecule has 0 bridgehead atoms. The van der Waals surface area contributed by atoms with Crippen LogP contribution in [-0.2, 0) is 26.1 Å². The number of hydrogen-bond acceptors (Lipinski definition) is 5. The van der Waals surface area contributed by atoms with E-state index in [2.05, 4.69) is 40.3 Å². The van der Waals surface area contributed by atoms with Gasteiger partial charge in [-0.25, -0.2) is 4.98 Å². The number of hydrogen-bond donors (Lipinski definition) is 1. The summed E-state index contributed by atoms with van der Waals surface area (Å²) in [6.07, 6.45) is 4.72. The van der Waals surface area contributed by atoms with E-state index in [1.54, 1.807) is 18.4 Å².